The third kappa shape index (κ3) is 4.95. The van der Waals surface area contributed by atoms with Crippen LogP contribution in [0.3, 0.4) is 0 Å². The van der Waals surface area contributed by atoms with Crippen LogP contribution in [-0.4, -0.2) is 47.0 Å². The minimum atomic E-state index is -4.38. The molecule has 0 saturated heterocycles. The summed E-state index contributed by atoms with van der Waals surface area (Å²) < 4.78 is 39.5. The van der Waals surface area contributed by atoms with E-state index in [1.54, 1.807) is 0 Å². The fourth-order valence-corrected chi connectivity index (χ4v) is 1.05. The van der Waals surface area contributed by atoms with Crippen LogP contribution < -0.4 is 5.32 Å². The van der Waals surface area contributed by atoms with Gasteiger partial charge in [-0.25, -0.2) is 14.8 Å². The van der Waals surface area contributed by atoms with Crippen LogP contribution in [0.5, 0.6) is 0 Å². The normalized spacial score (nSPS) is 11.3. The van der Waals surface area contributed by atoms with E-state index >= 15 is 0 Å². The highest BCUT2D eigenvalue weighted by atomic mass is 19.4. The zero-order valence-corrected chi connectivity index (χ0v) is 9.07. The van der Waals surface area contributed by atoms with Gasteiger partial charge in [-0.15, -0.1) is 0 Å². The fourth-order valence-electron chi connectivity index (χ4n) is 1.05. The van der Waals surface area contributed by atoms with Gasteiger partial charge in [0.1, 0.15) is 6.61 Å². The first-order chi connectivity index (χ1) is 8.40. The number of alkyl halides is 3. The van der Waals surface area contributed by atoms with E-state index < -0.39 is 18.8 Å². The summed E-state index contributed by atoms with van der Waals surface area (Å²) in [7, 11) is 0. The molecule has 9 heteroatoms. The van der Waals surface area contributed by atoms with Gasteiger partial charge < -0.3 is 15.2 Å². The molecule has 0 spiro atoms. The van der Waals surface area contributed by atoms with Crippen LogP contribution in [0, 0.1) is 0 Å². The highest BCUT2D eigenvalue weighted by Crippen LogP contribution is 2.14. The highest BCUT2D eigenvalue weighted by Gasteiger charge is 2.27. The minimum absolute atomic E-state index is 0.00491. The Bertz CT molecular complexity index is 412. The average molecular weight is 265 g/mol. The smallest absolute Gasteiger partial charge is 0.411 e. The molecule has 0 aliphatic heterocycles. The maximum Gasteiger partial charge on any atom is 0.411 e. The zero-order chi connectivity index (χ0) is 13.6. The molecule has 18 heavy (non-hydrogen) atoms. The van der Waals surface area contributed by atoms with E-state index in [0.717, 1.165) is 0 Å². The van der Waals surface area contributed by atoms with Crippen molar-refractivity contribution >= 4 is 11.8 Å². The van der Waals surface area contributed by atoms with Crippen molar-refractivity contribution in [1.29, 1.82) is 0 Å². The molecule has 6 nitrogen and oxygen atoms in total. The standard InChI is InChI=1S/C9H10F3N3O3/c10-9(11,12)5-18-4-3-15-7-6(8(16)17)13-1-2-14-7/h1-2H,3-5H2,(H,14,15)(H,16,17). The Morgan fingerprint density at radius 1 is 1.39 bits per heavy atom. The molecule has 0 bridgehead atoms. The Morgan fingerprint density at radius 3 is 2.67 bits per heavy atom. The van der Waals surface area contributed by atoms with Crippen molar-refractivity contribution in [2.24, 2.45) is 0 Å². The van der Waals surface area contributed by atoms with E-state index in [0.29, 0.717) is 0 Å². The first-order valence-electron chi connectivity index (χ1n) is 4.83. The largest absolute Gasteiger partial charge is 0.476 e. The van der Waals surface area contributed by atoms with Crippen LogP contribution >= 0.6 is 0 Å². The van der Waals surface area contributed by atoms with Gasteiger partial charge in [-0.05, 0) is 0 Å². The summed E-state index contributed by atoms with van der Waals surface area (Å²) >= 11 is 0. The van der Waals surface area contributed by atoms with E-state index in [1.165, 1.54) is 12.4 Å². The summed E-state index contributed by atoms with van der Waals surface area (Å²) in [4.78, 5) is 18.0. The van der Waals surface area contributed by atoms with Gasteiger partial charge >= 0.3 is 12.1 Å². The highest BCUT2D eigenvalue weighted by molar-refractivity contribution is 5.90. The zero-order valence-electron chi connectivity index (χ0n) is 9.07. The molecule has 0 aliphatic carbocycles. The van der Waals surface area contributed by atoms with Crippen LogP contribution in [0.25, 0.3) is 0 Å². The number of carboxylic acid groups (broad SMARTS) is 1. The number of aromatic carboxylic acids is 1. The third-order valence-electron chi connectivity index (χ3n) is 1.71. The summed E-state index contributed by atoms with van der Waals surface area (Å²) in [6, 6.07) is 0. The lowest BCUT2D eigenvalue weighted by Crippen LogP contribution is -2.21. The summed E-state index contributed by atoms with van der Waals surface area (Å²) in [5.41, 5.74) is -0.298. The van der Waals surface area contributed by atoms with Crippen molar-refractivity contribution in [2.45, 2.75) is 6.18 Å². The number of rotatable bonds is 6. The number of nitrogens with one attached hydrogen (secondary N) is 1. The Kier molecular flexibility index (Phi) is 4.84. The molecule has 0 fully saturated rings. The molecular formula is C9H10F3N3O3. The number of carboxylic acids is 1. The summed E-state index contributed by atoms with van der Waals surface area (Å²) in [5.74, 6) is -1.29. The van der Waals surface area contributed by atoms with Crippen molar-refractivity contribution < 1.29 is 27.8 Å². The average Bonchev–Trinajstić information content (AvgIpc) is 2.27. The summed E-state index contributed by atoms with van der Waals surface area (Å²) in [5, 5.41) is 11.3. The van der Waals surface area contributed by atoms with E-state index in [9.17, 15) is 18.0 Å². The molecular weight excluding hydrogens is 255 g/mol. The van der Waals surface area contributed by atoms with E-state index in [2.05, 4.69) is 20.0 Å². The maximum atomic E-state index is 11.7. The number of hydrogen-bond acceptors (Lipinski definition) is 5. The molecule has 1 aromatic heterocycles. The Labute approximate surface area is 99.8 Å². The maximum absolute atomic E-state index is 11.7. The molecule has 0 aliphatic rings. The molecule has 0 unspecified atom stereocenters. The SMILES string of the molecule is O=C(O)c1nccnc1NCCOCC(F)(F)F. The van der Waals surface area contributed by atoms with Gasteiger partial charge in [0.2, 0.25) is 0 Å². The Morgan fingerprint density at radius 2 is 2.06 bits per heavy atom. The molecule has 1 rings (SSSR count). The number of nitrogens with zero attached hydrogens (tertiary/aromatic N) is 2. The second-order valence-corrected chi connectivity index (χ2v) is 3.15. The van der Waals surface area contributed by atoms with Crippen molar-refractivity contribution in [1.82, 2.24) is 9.97 Å². The number of hydrogen-bond donors (Lipinski definition) is 2. The lowest BCUT2D eigenvalue weighted by molar-refractivity contribution is -0.172. The molecule has 2 N–H and O–H groups in total. The minimum Gasteiger partial charge on any atom is -0.476 e. The lowest BCUT2D eigenvalue weighted by Gasteiger charge is -2.09. The second-order valence-electron chi connectivity index (χ2n) is 3.15. The molecule has 1 heterocycles. The number of aromatic nitrogens is 2. The lowest BCUT2D eigenvalue weighted by atomic mass is 10.4. The topological polar surface area (TPSA) is 84.3 Å². The van der Waals surface area contributed by atoms with Crippen molar-refractivity contribution in [2.75, 3.05) is 25.1 Å². The monoisotopic (exact) mass is 265 g/mol. The van der Waals surface area contributed by atoms with Gasteiger partial charge in [-0.2, -0.15) is 13.2 Å². The van der Waals surface area contributed by atoms with Crippen LogP contribution in [0.2, 0.25) is 0 Å². The number of anilines is 1. The molecule has 0 amide bonds. The summed E-state index contributed by atoms with van der Waals surface area (Å²) in [6.45, 7) is -1.58. The molecule has 0 radical (unpaired) electrons. The first-order valence-corrected chi connectivity index (χ1v) is 4.83. The third-order valence-corrected chi connectivity index (χ3v) is 1.71. The van der Waals surface area contributed by atoms with Gasteiger partial charge in [-0.1, -0.05) is 0 Å². The predicted octanol–water partition coefficient (Wildman–Crippen LogP) is 1.17. The van der Waals surface area contributed by atoms with E-state index in [1.807, 2.05) is 0 Å². The van der Waals surface area contributed by atoms with Crippen molar-refractivity contribution in [3.8, 4) is 0 Å². The number of halogens is 3. The van der Waals surface area contributed by atoms with Gasteiger partial charge in [0.25, 0.3) is 0 Å². The molecule has 100 valence electrons. The van der Waals surface area contributed by atoms with Crippen LogP contribution in [-0.2, 0) is 4.74 Å². The van der Waals surface area contributed by atoms with E-state index in [4.69, 9.17) is 5.11 Å². The Balaban J connectivity index is 2.38. The van der Waals surface area contributed by atoms with Crippen LogP contribution in [0.1, 0.15) is 10.5 Å². The van der Waals surface area contributed by atoms with Crippen LogP contribution in [0.15, 0.2) is 12.4 Å². The fraction of sp³-hybridized carbons (Fsp3) is 0.444. The van der Waals surface area contributed by atoms with Crippen molar-refractivity contribution in [3.63, 3.8) is 0 Å². The van der Waals surface area contributed by atoms with Gasteiger partial charge in [0, 0.05) is 18.9 Å². The molecule has 0 saturated carbocycles. The first kappa shape index (κ1) is 14.2. The predicted molar refractivity (Wildman–Crippen MR) is 54.4 cm³/mol. The van der Waals surface area contributed by atoms with E-state index in [-0.39, 0.29) is 24.7 Å². The number of ether oxygens (including phenoxy) is 1. The Hall–Kier alpha value is -1.90. The van der Waals surface area contributed by atoms with Gasteiger partial charge in [-0.3, -0.25) is 0 Å². The second kappa shape index (κ2) is 6.15. The number of carbonyl (C=O) groups is 1. The van der Waals surface area contributed by atoms with Gasteiger partial charge in [0.15, 0.2) is 11.5 Å². The molecule has 0 aromatic carbocycles. The van der Waals surface area contributed by atoms with Crippen molar-refractivity contribution in [3.05, 3.63) is 18.1 Å². The summed E-state index contributed by atoms with van der Waals surface area (Å²) in [6.07, 6.45) is -1.90. The van der Waals surface area contributed by atoms with Crippen LogP contribution in [0.4, 0.5) is 19.0 Å². The molecule has 0 atom stereocenters. The van der Waals surface area contributed by atoms with Gasteiger partial charge in [0.05, 0.1) is 6.61 Å². The quantitative estimate of drug-likeness (QED) is 0.751. The molecule has 1 aromatic rings.